The highest BCUT2D eigenvalue weighted by atomic mass is 35.5. The second kappa shape index (κ2) is 7.17. The molecule has 0 radical (unpaired) electrons. The van der Waals surface area contributed by atoms with Gasteiger partial charge in [0.1, 0.15) is 5.82 Å². The topological polar surface area (TPSA) is 37.4 Å². The second-order valence-electron chi connectivity index (χ2n) is 7.55. The van der Waals surface area contributed by atoms with Crippen molar-refractivity contribution in [3.8, 4) is 0 Å². The smallest absolute Gasteiger partial charge is 0.232 e. The summed E-state index contributed by atoms with van der Waals surface area (Å²) in [4.78, 5) is 27.8. The number of Topliss-reactive ketones (excluding diaryl/α,β-unsaturated/α-hetero) is 1. The minimum Gasteiger partial charge on any atom is -0.294 e. The fourth-order valence-electron chi connectivity index (χ4n) is 4.32. The van der Waals surface area contributed by atoms with Gasteiger partial charge in [0, 0.05) is 40.6 Å². The van der Waals surface area contributed by atoms with Crippen LogP contribution in [0.15, 0.2) is 47.7 Å². The Kier molecular flexibility index (Phi) is 4.84. The second-order valence-corrected chi connectivity index (χ2v) is 7.96. The third-order valence-corrected chi connectivity index (χ3v) is 5.96. The number of hydrogen-bond acceptors (Lipinski definition) is 2. The molecule has 1 amide bonds. The van der Waals surface area contributed by atoms with E-state index in [9.17, 15) is 14.0 Å². The van der Waals surface area contributed by atoms with Crippen molar-refractivity contribution in [1.29, 1.82) is 0 Å². The molecular formula is C23H21ClFNO2. The molecule has 1 atom stereocenters. The van der Waals surface area contributed by atoms with E-state index in [1.807, 2.05) is 32.0 Å². The number of benzene rings is 2. The first-order valence-electron chi connectivity index (χ1n) is 9.49. The van der Waals surface area contributed by atoms with Gasteiger partial charge in [0.15, 0.2) is 5.78 Å². The third-order valence-electron chi connectivity index (χ3n) is 5.63. The van der Waals surface area contributed by atoms with Crippen LogP contribution < -0.4 is 4.90 Å². The summed E-state index contributed by atoms with van der Waals surface area (Å²) in [6, 6.07) is 10.4. The van der Waals surface area contributed by atoms with Gasteiger partial charge in [0.05, 0.1) is 5.69 Å². The summed E-state index contributed by atoms with van der Waals surface area (Å²) >= 11 is 6.29. The van der Waals surface area contributed by atoms with E-state index in [1.54, 1.807) is 11.0 Å². The van der Waals surface area contributed by atoms with Crippen molar-refractivity contribution in [2.75, 3.05) is 4.90 Å². The van der Waals surface area contributed by atoms with Gasteiger partial charge in [-0.05, 0) is 56.0 Å². The van der Waals surface area contributed by atoms with Crippen LogP contribution in [0.3, 0.4) is 0 Å². The zero-order chi connectivity index (χ0) is 20.0. The molecular weight excluding hydrogens is 377 g/mol. The maximum Gasteiger partial charge on any atom is 0.232 e. The molecule has 28 heavy (non-hydrogen) atoms. The van der Waals surface area contributed by atoms with Crippen molar-refractivity contribution in [3.63, 3.8) is 0 Å². The summed E-state index contributed by atoms with van der Waals surface area (Å²) in [5, 5.41) is 0.253. The van der Waals surface area contributed by atoms with E-state index in [0.29, 0.717) is 30.5 Å². The molecule has 0 saturated carbocycles. The monoisotopic (exact) mass is 397 g/mol. The number of halogens is 2. The first kappa shape index (κ1) is 18.9. The van der Waals surface area contributed by atoms with Gasteiger partial charge in [-0.25, -0.2) is 4.39 Å². The largest absolute Gasteiger partial charge is 0.294 e. The number of hydrogen-bond donors (Lipinski definition) is 0. The Morgan fingerprint density at radius 1 is 1.11 bits per heavy atom. The molecule has 0 bridgehead atoms. The zero-order valence-corrected chi connectivity index (χ0v) is 16.6. The van der Waals surface area contributed by atoms with Gasteiger partial charge in [0.25, 0.3) is 0 Å². The molecule has 1 aliphatic carbocycles. The molecule has 144 valence electrons. The number of allylic oxidation sites excluding steroid dienone is 2. The molecule has 2 aromatic rings. The molecule has 2 aromatic carbocycles. The number of carbonyl (C=O) groups excluding carboxylic acids is 2. The van der Waals surface area contributed by atoms with Gasteiger partial charge in [-0.3, -0.25) is 14.5 Å². The molecule has 0 spiro atoms. The average Bonchev–Trinajstić information content (AvgIpc) is 2.64. The lowest BCUT2D eigenvalue weighted by atomic mass is 9.76. The van der Waals surface area contributed by atoms with Crippen LogP contribution in [-0.2, 0) is 9.59 Å². The zero-order valence-electron chi connectivity index (χ0n) is 15.9. The van der Waals surface area contributed by atoms with E-state index >= 15 is 0 Å². The molecule has 0 fully saturated rings. The Labute approximate surface area is 168 Å². The van der Waals surface area contributed by atoms with Crippen molar-refractivity contribution >= 4 is 29.0 Å². The summed E-state index contributed by atoms with van der Waals surface area (Å²) < 4.78 is 14.6. The van der Waals surface area contributed by atoms with E-state index in [0.717, 1.165) is 16.8 Å². The summed E-state index contributed by atoms with van der Waals surface area (Å²) in [5.41, 5.74) is 4.29. The normalized spacial score (nSPS) is 19.9. The van der Waals surface area contributed by atoms with Gasteiger partial charge in [0.2, 0.25) is 5.91 Å². The van der Waals surface area contributed by atoms with Gasteiger partial charge in [-0.1, -0.05) is 29.8 Å². The van der Waals surface area contributed by atoms with Gasteiger partial charge < -0.3 is 0 Å². The van der Waals surface area contributed by atoms with Crippen LogP contribution >= 0.6 is 11.6 Å². The number of anilines is 1. The number of nitrogens with zero attached hydrogens (tertiary/aromatic N) is 1. The number of amides is 1. The predicted molar refractivity (Wildman–Crippen MR) is 108 cm³/mol. The predicted octanol–water partition coefficient (Wildman–Crippen LogP) is 5.62. The molecule has 4 rings (SSSR count). The Balaban J connectivity index is 1.94. The molecule has 5 heteroatoms. The van der Waals surface area contributed by atoms with Crippen molar-refractivity contribution < 1.29 is 14.0 Å². The molecule has 2 aliphatic rings. The lowest BCUT2D eigenvalue weighted by molar-refractivity contribution is -0.119. The Bertz CT molecular complexity index is 1010. The van der Waals surface area contributed by atoms with E-state index in [2.05, 4.69) is 0 Å². The lowest BCUT2D eigenvalue weighted by Crippen LogP contribution is -2.41. The molecule has 1 unspecified atom stereocenters. The van der Waals surface area contributed by atoms with E-state index in [4.69, 9.17) is 11.6 Å². The van der Waals surface area contributed by atoms with Crippen molar-refractivity contribution in [3.05, 3.63) is 75.2 Å². The van der Waals surface area contributed by atoms with Crippen LogP contribution in [0.1, 0.15) is 48.3 Å². The maximum absolute atomic E-state index is 14.6. The van der Waals surface area contributed by atoms with Crippen LogP contribution in [0, 0.1) is 19.7 Å². The first-order chi connectivity index (χ1) is 13.4. The Hall–Kier alpha value is -2.46. The van der Waals surface area contributed by atoms with E-state index in [1.165, 1.54) is 12.1 Å². The standard InChI is InChI=1S/C23H21ClFNO2/c1-13-9-10-14(2)19(11-13)26-18-7-4-8-20(27)23(18)15(12-21(26)28)22-16(24)5-3-6-17(22)25/h3,5-6,9-11,15H,4,7-8,12H2,1-2H3. The first-order valence-corrected chi connectivity index (χ1v) is 9.86. The van der Waals surface area contributed by atoms with E-state index in [-0.39, 0.29) is 28.7 Å². The minimum atomic E-state index is -0.634. The highest BCUT2D eigenvalue weighted by Crippen LogP contribution is 2.46. The maximum atomic E-state index is 14.6. The average molecular weight is 398 g/mol. The molecule has 1 aliphatic heterocycles. The van der Waals surface area contributed by atoms with Crippen LogP contribution in [0.5, 0.6) is 0 Å². The Morgan fingerprint density at radius 2 is 1.89 bits per heavy atom. The fraction of sp³-hybridized carbons (Fsp3) is 0.304. The Morgan fingerprint density at radius 3 is 2.64 bits per heavy atom. The minimum absolute atomic E-state index is 0.0200. The molecule has 3 nitrogen and oxygen atoms in total. The number of carbonyl (C=O) groups is 2. The summed E-state index contributed by atoms with van der Waals surface area (Å²) in [6.07, 6.45) is 1.74. The molecule has 0 N–H and O–H groups in total. The number of rotatable bonds is 2. The van der Waals surface area contributed by atoms with Gasteiger partial charge >= 0.3 is 0 Å². The SMILES string of the molecule is Cc1ccc(C)c(N2C(=O)CC(c3c(F)cccc3Cl)C3=C2CCCC3=O)c1. The summed E-state index contributed by atoms with van der Waals surface area (Å²) in [7, 11) is 0. The summed E-state index contributed by atoms with van der Waals surface area (Å²) in [6.45, 7) is 3.92. The van der Waals surface area contributed by atoms with E-state index < -0.39 is 11.7 Å². The fourth-order valence-corrected chi connectivity index (χ4v) is 4.62. The van der Waals surface area contributed by atoms with Gasteiger partial charge in [-0.2, -0.15) is 0 Å². The number of aryl methyl sites for hydroxylation is 2. The van der Waals surface area contributed by atoms with Crippen LogP contribution in [0.4, 0.5) is 10.1 Å². The van der Waals surface area contributed by atoms with Crippen molar-refractivity contribution in [2.45, 2.75) is 45.4 Å². The van der Waals surface area contributed by atoms with Crippen molar-refractivity contribution in [1.82, 2.24) is 0 Å². The molecule has 1 heterocycles. The van der Waals surface area contributed by atoms with Crippen LogP contribution in [0.25, 0.3) is 0 Å². The highest BCUT2D eigenvalue weighted by molar-refractivity contribution is 6.31. The quantitative estimate of drug-likeness (QED) is 0.659. The summed E-state index contributed by atoms with van der Waals surface area (Å²) in [5.74, 6) is -1.26. The lowest BCUT2D eigenvalue weighted by Gasteiger charge is -2.39. The highest BCUT2D eigenvalue weighted by Gasteiger charge is 2.41. The van der Waals surface area contributed by atoms with Crippen molar-refractivity contribution in [2.24, 2.45) is 0 Å². The number of ketones is 1. The van der Waals surface area contributed by atoms with Crippen LogP contribution in [-0.4, -0.2) is 11.7 Å². The van der Waals surface area contributed by atoms with Gasteiger partial charge in [-0.15, -0.1) is 0 Å². The molecule has 0 saturated heterocycles. The third kappa shape index (κ3) is 3.06. The molecule has 0 aromatic heterocycles. The van der Waals surface area contributed by atoms with Crippen LogP contribution in [0.2, 0.25) is 5.02 Å².